The van der Waals surface area contributed by atoms with E-state index >= 15 is 0 Å². The number of nitrogens with two attached hydrogens (primary N) is 1. The second-order valence-corrected chi connectivity index (χ2v) is 6.45. The molecule has 1 aliphatic heterocycles. The minimum absolute atomic E-state index is 0.101. The van der Waals surface area contributed by atoms with Crippen molar-refractivity contribution in [2.45, 2.75) is 39.0 Å². The van der Waals surface area contributed by atoms with Crippen LogP contribution in [0.3, 0.4) is 0 Å². The fraction of sp³-hybridized carbons (Fsp3) is 0.714. The predicted molar refractivity (Wildman–Crippen MR) is 76.9 cm³/mol. The number of nitrogens with zero attached hydrogens (tertiary/aromatic N) is 1. The third-order valence-corrected chi connectivity index (χ3v) is 4.51. The molecule has 2 N–H and O–H groups in total. The van der Waals surface area contributed by atoms with Crippen molar-refractivity contribution in [1.82, 2.24) is 4.90 Å². The van der Waals surface area contributed by atoms with E-state index in [1.807, 2.05) is 18.3 Å². The second kappa shape index (κ2) is 6.15. The molecule has 1 fully saturated rings. The fourth-order valence-electron chi connectivity index (χ4n) is 2.66. The van der Waals surface area contributed by atoms with Gasteiger partial charge in [-0.25, -0.2) is 0 Å². The third-order valence-electron chi connectivity index (χ3n) is 3.57. The lowest BCUT2D eigenvalue weighted by Crippen LogP contribution is -2.51. The fourth-order valence-corrected chi connectivity index (χ4v) is 3.69. The zero-order chi connectivity index (χ0) is 13.1. The molecule has 102 valence electrons. The molecule has 0 radical (unpaired) electrons. The molecule has 0 aromatic carbocycles. The minimum atomic E-state index is 0.101. The largest absolute Gasteiger partial charge is 0.374 e. The van der Waals surface area contributed by atoms with Gasteiger partial charge in [-0.1, -0.05) is 19.9 Å². The highest BCUT2D eigenvalue weighted by Gasteiger charge is 2.31. The number of hydrogen-bond acceptors (Lipinski definition) is 4. The maximum atomic E-state index is 5.98. The highest BCUT2D eigenvalue weighted by molar-refractivity contribution is 7.10. The minimum Gasteiger partial charge on any atom is -0.374 e. The molecule has 0 aliphatic carbocycles. The predicted octanol–water partition coefficient (Wildman–Crippen LogP) is 2.49. The molecule has 1 aliphatic rings. The van der Waals surface area contributed by atoms with E-state index in [2.05, 4.69) is 36.3 Å². The van der Waals surface area contributed by atoms with E-state index in [0.29, 0.717) is 12.0 Å². The second-order valence-electron chi connectivity index (χ2n) is 5.47. The normalized spacial score (nSPS) is 25.3. The van der Waals surface area contributed by atoms with Crippen LogP contribution in [0.25, 0.3) is 0 Å². The van der Waals surface area contributed by atoms with Gasteiger partial charge in [0.25, 0.3) is 0 Å². The molecule has 1 aromatic heterocycles. The Balaban J connectivity index is 2.11. The standard InChI is InChI=1S/C14H24N2OS/c1-10(2)14(13-5-4-8-18-13)16-6-7-17-12(9-16)11(3)15/h4-5,8,10-12,14H,6-7,9,15H2,1-3H3. The summed E-state index contributed by atoms with van der Waals surface area (Å²) in [6.07, 6.45) is 0.167. The molecule has 4 heteroatoms. The molecule has 0 amide bonds. The van der Waals surface area contributed by atoms with Crippen LogP contribution in [0.15, 0.2) is 17.5 Å². The van der Waals surface area contributed by atoms with Gasteiger partial charge in [-0.05, 0) is 24.3 Å². The monoisotopic (exact) mass is 268 g/mol. The lowest BCUT2D eigenvalue weighted by molar-refractivity contribution is -0.0579. The summed E-state index contributed by atoms with van der Waals surface area (Å²) in [6.45, 7) is 9.36. The molecule has 0 spiro atoms. The summed E-state index contributed by atoms with van der Waals surface area (Å²) in [7, 11) is 0. The maximum absolute atomic E-state index is 5.98. The Hall–Kier alpha value is -0.420. The van der Waals surface area contributed by atoms with E-state index in [-0.39, 0.29) is 12.1 Å². The molecular formula is C14H24N2OS. The summed E-state index contributed by atoms with van der Waals surface area (Å²) >= 11 is 1.85. The molecular weight excluding hydrogens is 244 g/mol. The SMILES string of the molecule is CC(C)C(c1cccs1)N1CCOC(C(C)N)C1. The Labute approximate surface area is 114 Å². The van der Waals surface area contributed by atoms with Gasteiger partial charge in [-0.3, -0.25) is 4.90 Å². The van der Waals surface area contributed by atoms with Crippen LogP contribution in [0.1, 0.15) is 31.7 Å². The van der Waals surface area contributed by atoms with Crippen LogP contribution in [0.5, 0.6) is 0 Å². The highest BCUT2D eigenvalue weighted by Crippen LogP contribution is 2.33. The molecule has 3 nitrogen and oxygen atoms in total. The van der Waals surface area contributed by atoms with Crippen molar-refractivity contribution in [2.75, 3.05) is 19.7 Å². The van der Waals surface area contributed by atoms with Crippen molar-refractivity contribution in [3.05, 3.63) is 22.4 Å². The van der Waals surface area contributed by atoms with Crippen LogP contribution < -0.4 is 5.73 Å². The van der Waals surface area contributed by atoms with Gasteiger partial charge < -0.3 is 10.5 Å². The maximum Gasteiger partial charge on any atom is 0.0850 e. The zero-order valence-electron chi connectivity index (χ0n) is 11.5. The summed E-state index contributed by atoms with van der Waals surface area (Å²) in [6, 6.07) is 4.98. The zero-order valence-corrected chi connectivity index (χ0v) is 12.3. The first-order valence-corrected chi connectivity index (χ1v) is 7.62. The van der Waals surface area contributed by atoms with Crippen LogP contribution in [0, 0.1) is 5.92 Å². The van der Waals surface area contributed by atoms with Crippen molar-refractivity contribution in [3.8, 4) is 0 Å². The van der Waals surface area contributed by atoms with E-state index in [9.17, 15) is 0 Å². The number of ether oxygens (including phenoxy) is 1. The van der Waals surface area contributed by atoms with Gasteiger partial charge in [0.2, 0.25) is 0 Å². The summed E-state index contributed by atoms with van der Waals surface area (Å²) in [4.78, 5) is 3.99. The van der Waals surface area contributed by atoms with E-state index < -0.39 is 0 Å². The molecule has 0 saturated carbocycles. The first-order valence-electron chi connectivity index (χ1n) is 6.74. The van der Waals surface area contributed by atoms with Crippen LogP contribution in [-0.4, -0.2) is 36.7 Å². The summed E-state index contributed by atoms with van der Waals surface area (Å²) in [5.41, 5.74) is 5.98. The van der Waals surface area contributed by atoms with Gasteiger partial charge in [-0.2, -0.15) is 0 Å². The Morgan fingerprint density at radius 2 is 2.22 bits per heavy atom. The van der Waals surface area contributed by atoms with Crippen molar-refractivity contribution in [1.29, 1.82) is 0 Å². The lowest BCUT2D eigenvalue weighted by Gasteiger charge is -2.40. The topological polar surface area (TPSA) is 38.5 Å². The van der Waals surface area contributed by atoms with Gasteiger partial charge in [0.1, 0.15) is 0 Å². The van der Waals surface area contributed by atoms with Gasteiger partial charge >= 0.3 is 0 Å². The van der Waals surface area contributed by atoms with Gasteiger partial charge in [0.05, 0.1) is 12.7 Å². The smallest absolute Gasteiger partial charge is 0.0850 e. The van der Waals surface area contributed by atoms with Gasteiger partial charge in [-0.15, -0.1) is 11.3 Å². The third kappa shape index (κ3) is 3.12. The van der Waals surface area contributed by atoms with Crippen molar-refractivity contribution in [3.63, 3.8) is 0 Å². The number of rotatable bonds is 4. The number of thiophene rings is 1. The molecule has 3 unspecified atom stereocenters. The van der Waals surface area contributed by atoms with E-state index in [1.165, 1.54) is 4.88 Å². The molecule has 2 heterocycles. The van der Waals surface area contributed by atoms with E-state index in [0.717, 1.165) is 19.7 Å². The highest BCUT2D eigenvalue weighted by atomic mass is 32.1. The van der Waals surface area contributed by atoms with Crippen LogP contribution in [0.2, 0.25) is 0 Å². The molecule has 18 heavy (non-hydrogen) atoms. The van der Waals surface area contributed by atoms with Gasteiger partial charge in [0.15, 0.2) is 0 Å². The first-order chi connectivity index (χ1) is 8.59. The first kappa shape index (κ1) is 14.0. The van der Waals surface area contributed by atoms with E-state index in [1.54, 1.807) is 0 Å². The summed E-state index contributed by atoms with van der Waals surface area (Å²) < 4.78 is 5.75. The molecule has 1 saturated heterocycles. The Kier molecular flexibility index (Phi) is 4.78. The summed E-state index contributed by atoms with van der Waals surface area (Å²) in [5, 5.41) is 2.16. The van der Waals surface area contributed by atoms with Crippen molar-refractivity contribution >= 4 is 11.3 Å². The summed E-state index contributed by atoms with van der Waals surface area (Å²) in [5.74, 6) is 0.607. The van der Waals surface area contributed by atoms with Crippen molar-refractivity contribution in [2.24, 2.45) is 11.7 Å². The Morgan fingerprint density at radius 1 is 1.44 bits per heavy atom. The van der Waals surface area contributed by atoms with Crippen LogP contribution in [-0.2, 0) is 4.74 Å². The average Bonchev–Trinajstić information content (AvgIpc) is 2.82. The molecule has 2 rings (SSSR count). The van der Waals surface area contributed by atoms with Crippen LogP contribution in [0.4, 0.5) is 0 Å². The molecule has 3 atom stereocenters. The van der Waals surface area contributed by atoms with Crippen LogP contribution >= 0.6 is 11.3 Å². The number of hydrogen-bond donors (Lipinski definition) is 1. The number of morpholine rings is 1. The Morgan fingerprint density at radius 3 is 2.78 bits per heavy atom. The average molecular weight is 268 g/mol. The van der Waals surface area contributed by atoms with E-state index in [4.69, 9.17) is 10.5 Å². The Bertz CT molecular complexity index is 351. The quantitative estimate of drug-likeness (QED) is 0.912. The molecule has 1 aromatic rings. The van der Waals surface area contributed by atoms with Gasteiger partial charge in [0, 0.05) is 30.1 Å². The lowest BCUT2D eigenvalue weighted by atomic mass is 9.99. The van der Waals surface area contributed by atoms with Crippen molar-refractivity contribution < 1.29 is 4.74 Å². The molecule has 0 bridgehead atoms.